The first kappa shape index (κ1) is 12.6. The molecule has 1 aromatic carbocycles. The fourth-order valence-corrected chi connectivity index (χ4v) is 3.37. The van der Waals surface area contributed by atoms with Crippen LogP contribution in [-0.4, -0.2) is 43.4 Å². The van der Waals surface area contributed by atoms with E-state index in [1.807, 2.05) is 0 Å². The van der Waals surface area contributed by atoms with Gasteiger partial charge < -0.3 is 4.90 Å². The van der Waals surface area contributed by atoms with Crippen molar-refractivity contribution in [1.82, 2.24) is 4.90 Å². The number of fused-ring (bicyclic) bond motifs is 1. The van der Waals surface area contributed by atoms with E-state index in [9.17, 15) is 9.18 Å². The molecule has 2 heterocycles. The van der Waals surface area contributed by atoms with E-state index in [0.717, 1.165) is 38.9 Å². The minimum Gasteiger partial charge on any atom is -0.367 e. The van der Waals surface area contributed by atoms with Crippen LogP contribution in [0.25, 0.3) is 0 Å². The van der Waals surface area contributed by atoms with Gasteiger partial charge in [-0.25, -0.2) is 4.39 Å². The van der Waals surface area contributed by atoms with E-state index in [2.05, 4.69) is 9.80 Å². The van der Waals surface area contributed by atoms with Crippen molar-refractivity contribution in [3.05, 3.63) is 29.6 Å². The summed E-state index contributed by atoms with van der Waals surface area (Å²) in [7, 11) is 0. The minimum absolute atomic E-state index is 0.281. The molecule has 1 unspecified atom stereocenters. The van der Waals surface area contributed by atoms with Gasteiger partial charge in [0.1, 0.15) is 5.82 Å². The lowest BCUT2D eigenvalue weighted by molar-refractivity contribution is 0.112. The third-order valence-electron chi connectivity index (χ3n) is 4.26. The smallest absolute Gasteiger partial charge is 0.152 e. The molecule has 0 radical (unpaired) electrons. The van der Waals surface area contributed by atoms with E-state index in [1.165, 1.54) is 18.9 Å². The highest BCUT2D eigenvalue weighted by Crippen LogP contribution is 2.28. The number of rotatable bonds is 2. The monoisotopic (exact) mass is 262 g/mol. The third kappa shape index (κ3) is 2.37. The van der Waals surface area contributed by atoms with Gasteiger partial charge in [-0.3, -0.25) is 9.69 Å². The number of halogens is 1. The molecule has 0 saturated carbocycles. The van der Waals surface area contributed by atoms with Crippen molar-refractivity contribution < 1.29 is 9.18 Å². The molecule has 1 aromatic rings. The highest BCUT2D eigenvalue weighted by molar-refractivity contribution is 5.84. The van der Waals surface area contributed by atoms with Gasteiger partial charge in [0, 0.05) is 31.2 Å². The molecule has 19 heavy (non-hydrogen) atoms. The Morgan fingerprint density at radius 2 is 2.05 bits per heavy atom. The highest BCUT2D eigenvalue weighted by atomic mass is 19.1. The fourth-order valence-electron chi connectivity index (χ4n) is 3.37. The molecule has 0 N–H and O–H groups in total. The van der Waals surface area contributed by atoms with Crippen LogP contribution in [0, 0.1) is 5.82 Å². The molecule has 0 spiro atoms. The zero-order chi connectivity index (χ0) is 13.2. The first-order valence-electron chi connectivity index (χ1n) is 7.02. The van der Waals surface area contributed by atoms with Crippen molar-refractivity contribution in [3.8, 4) is 0 Å². The second kappa shape index (κ2) is 5.29. The van der Waals surface area contributed by atoms with Crippen molar-refractivity contribution in [2.45, 2.75) is 25.3 Å². The molecule has 1 atom stereocenters. The van der Waals surface area contributed by atoms with Crippen LogP contribution in [0.2, 0.25) is 0 Å². The Hall–Kier alpha value is -1.42. The van der Waals surface area contributed by atoms with Gasteiger partial charge in [-0.1, -0.05) is 6.07 Å². The van der Waals surface area contributed by atoms with Crippen molar-refractivity contribution >= 4 is 12.0 Å². The van der Waals surface area contributed by atoms with Crippen molar-refractivity contribution in [2.24, 2.45) is 0 Å². The van der Waals surface area contributed by atoms with Crippen LogP contribution < -0.4 is 4.90 Å². The lowest BCUT2D eigenvalue weighted by Crippen LogP contribution is -2.37. The number of para-hydroxylation sites is 1. The molecule has 2 aliphatic heterocycles. The molecule has 2 aliphatic rings. The van der Waals surface area contributed by atoms with Gasteiger partial charge in [0.15, 0.2) is 6.29 Å². The second-order valence-corrected chi connectivity index (χ2v) is 5.43. The Morgan fingerprint density at radius 1 is 1.21 bits per heavy atom. The number of carbonyl (C=O) groups is 1. The summed E-state index contributed by atoms with van der Waals surface area (Å²) in [6.45, 7) is 3.92. The molecule has 3 rings (SSSR count). The molecule has 0 aromatic heterocycles. The Morgan fingerprint density at radius 3 is 2.89 bits per heavy atom. The van der Waals surface area contributed by atoms with Crippen molar-refractivity contribution in [1.29, 1.82) is 0 Å². The molecular formula is C15H19FN2O. The van der Waals surface area contributed by atoms with E-state index in [-0.39, 0.29) is 5.82 Å². The number of carbonyl (C=O) groups excluding carboxylic acids is 1. The summed E-state index contributed by atoms with van der Waals surface area (Å²) in [6.07, 6.45) is 4.20. The Bertz CT molecular complexity index is 477. The van der Waals surface area contributed by atoms with Crippen LogP contribution >= 0.6 is 0 Å². The summed E-state index contributed by atoms with van der Waals surface area (Å²) in [5.74, 6) is -0.281. The van der Waals surface area contributed by atoms with Gasteiger partial charge in [-0.15, -0.1) is 0 Å². The van der Waals surface area contributed by atoms with Gasteiger partial charge >= 0.3 is 0 Å². The third-order valence-corrected chi connectivity index (χ3v) is 4.26. The van der Waals surface area contributed by atoms with E-state index in [0.29, 0.717) is 17.3 Å². The lowest BCUT2D eigenvalue weighted by atomic mass is 10.1. The zero-order valence-electron chi connectivity index (χ0n) is 11.0. The second-order valence-electron chi connectivity index (χ2n) is 5.43. The van der Waals surface area contributed by atoms with Crippen LogP contribution in [-0.2, 0) is 0 Å². The normalized spacial score (nSPS) is 24.1. The van der Waals surface area contributed by atoms with E-state index in [1.54, 1.807) is 12.1 Å². The Balaban J connectivity index is 1.90. The SMILES string of the molecule is O=Cc1cccc(F)c1N1CCCN2CCCC2C1. The maximum absolute atomic E-state index is 14.1. The maximum Gasteiger partial charge on any atom is 0.152 e. The number of benzene rings is 1. The minimum atomic E-state index is -0.281. The number of hydrogen-bond acceptors (Lipinski definition) is 3. The summed E-state index contributed by atoms with van der Waals surface area (Å²) in [4.78, 5) is 15.7. The van der Waals surface area contributed by atoms with Gasteiger partial charge in [-0.05, 0) is 37.9 Å². The van der Waals surface area contributed by atoms with Crippen LogP contribution in [0.4, 0.5) is 10.1 Å². The van der Waals surface area contributed by atoms with Crippen LogP contribution in [0.1, 0.15) is 29.6 Å². The highest BCUT2D eigenvalue weighted by Gasteiger charge is 2.30. The number of aldehydes is 1. The first-order chi connectivity index (χ1) is 9.29. The average molecular weight is 262 g/mol. The van der Waals surface area contributed by atoms with Gasteiger partial charge in [-0.2, -0.15) is 0 Å². The number of nitrogens with zero attached hydrogens (tertiary/aromatic N) is 2. The molecule has 3 nitrogen and oxygen atoms in total. The fraction of sp³-hybridized carbons (Fsp3) is 0.533. The molecule has 0 bridgehead atoms. The summed E-state index contributed by atoms with van der Waals surface area (Å²) in [5.41, 5.74) is 0.956. The Labute approximate surface area is 113 Å². The summed E-state index contributed by atoms with van der Waals surface area (Å²) in [6, 6.07) is 5.26. The van der Waals surface area contributed by atoms with Crippen molar-refractivity contribution in [3.63, 3.8) is 0 Å². The van der Waals surface area contributed by atoms with Gasteiger partial charge in [0.25, 0.3) is 0 Å². The van der Waals surface area contributed by atoms with E-state index >= 15 is 0 Å². The summed E-state index contributed by atoms with van der Waals surface area (Å²) in [5, 5.41) is 0. The molecule has 2 fully saturated rings. The molecule has 0 amide bonds. The van der Waals surface area contributed by atoms with Gasteiger partial charge in [0.2, 0.25) is 0 Å². The summed E-state index contributed by atoms with van der Waals surface area (Å²) >= 11 is 0. The zero-order valence-corrected chi connectivity index (χ0v) is 11.0. The summed E-state index contributed by atoms with van der Waals surface area (Å²) < 4.78 is 14.1. The van der Waals surface area contributed by atoms with E-state index in [4.69, 9.17) is 0 Å². The maximum atomic E-state index is 14.1. The van der Waals surface area contributed by atoms with Crippen molar-refractivity contribution in [2.75, 3.05) is 31.1 Å². The molecular weight excluding hydrogens is 243 g/mol. The molecule has 102 valence electrons. The average Bonchev–Trinajstić information content (AvgIpc) is 2.76. The number of hydrogen-bond donors (Lipinski definition) is 0. The lowest BCUT2D eigenvalue weighted by Gasteiger charge is -2.28. The Kier molecular flexibility index (Phi) is 3.51. The predicted molar refractivity (Wildman–Crippen MR) is 73.2 cm³/mol. The van der Waals surface area contributed by atoms with Crippen LogP contribution in [0.3, 0.4) is 0 Å². The largest absolute Gasteiger partial charge is 0.367 e. The predicted octanol–water partition coefficient (Wildman–Crippen LogP) is 2.31. The standard InChI is InChI=1S/C15H19FN2O/c16-14-6-1-4-12(11-19)15(14)18-9-3-8-17-7-2-5-13(17)10-18/h1,4,6,11,13H,2-3,5,7-10H2. The van der Waals surface area contributed by atoms with Crippen LogP contribution in [0.15, 0.2) is 18.2 Å². The number of anilines is 1. The van der Waals surface area contributed by atoms with Crippen LogP contribution in [0.5, 0.6) is 0 Å². The van der Waals surface area contributed by atoms with E-state index < -0.39 is 0 Å². The molecule has 0 aliphatic carbocycles. The van der Waals surface area contributed by atoms with Gasteiger partial charge in [0.05, 0.1) is 5.69 Å². The molecule has 2 saturated heterocycles. The topological polar surface area (TPSA) is 23.6 Å². The first-order valence-corrected chi connectivity index (χ1v) is 7.02. The molecule has 4 heteroatoms. The quantitative estimate of drug-likeness (QED) is 0.764.